The minimum absolute atomic E-state index is 0.0805. The Labute approximate surface area is 118 Å². The Morgan fingerprint density at radius 3 is 2.55 bits per heavy atom. The van der Waals surface area contributed by atoms with E-state index in [-0.39, 0.29) is 18.3 Å². The van der Waals surface area contributed by atoms with E-state index in [0.717, 1.165) is 13.1 Å². The molecule has 20 heavy (non-hydrogen) atoms. The molecule has 0 aliphatic carbocycles. The number of aliphatic hydroxyl groups is 1. The maximum atomic E-state index is 13.5. The predicted molar refractivity (Wildman–Crippen MR) is 74.8 cm³/mol. The average Bonchev–Trinajstić information content (AvgIpc) is 2.47. The minimum Gasteiger partial charge on any atom is -0.395 e. The van der Waals surface area contributed by atoms with Crippen LogP contribution in [-0.4, -0.2) is 60.1 Å². The number of aryl methyl sites for hydroxylation is 1. The summed E-state index contributed by atoms with van der Waals surface area (Å²) >= 11 is 0. The molecule has 1 amide bonds. The van der Waals surface area contributed by atoms with Crippen LogP contribution in [0.3, 0.4) is 0 Å². The summed E-state index contributed by atoms with van der Waals surface area (Å²) in [4.78, 5) is 16.1. The molecule has 1 fully saturated rings. The Kier molecular flexibility index (Phi) is 5.49. The van der Waals surface area contributed by atoms with Crippen molar-refractivity contribution in [2.24, 2.45) is 0 Å². The van der Waals surface area contributed by atoms with E-state index >= 15 is 0 Å². The highest BCUT2D eigenvalue weighted by Crippen LogP contribution is 2.11. The van der Waals surface area contributed by atoms with Crippen LogP contribution in [0.2, 0.25) is 0 Å². The molecule has 0 aromatic heterocycles. The van der Waals surface area contributed by atoms with Gasteiger partial charge < -0.3 is 10.0 Å². The third-order valence-electron chi connectivity index (χ3n) is 3.71. The van der Waals surface area contributed by atoms with Gasteiger partial charge in [-0.3, -0.25) is 9.69 Å². The van der Waals surface area contributed by atoms with Gasteiger partial charge in [0, 0.05) is 39.1 Å². The third kappa shape index (κ3) is 4.02. The number of carbonyl (C=O) groups is 1. The van der Waals surface area contributed by atoms with Crippen LogP contribution in [0.5, 0.6) is 0 Å². The lowest BCUT2D eigenvalue weighted by Gasteiger charge is -2.34. The molecule has 1 heterocycles. The molecule has 1 N–H and O–H groups in total. The number of piperazine rings is 1. The molecule has 0 bridgehead atoms. The first-order valence-electron chi connectivity index (χ1n) is 7.05. The summed E-state index contributed by atoms with van der Waals surface area (Å²) < 4.78 is 13.5. The molecule has 5 heteroatoms. The van der Waals surface area contributed by atoms with Crippen LogP contribution in [-0.2, 0) is 11.2 Å². The van der Waals surface area contributed by atoms with Crippen molar-refractivity contribution < 1.29 is 14.3 Å². The van der Waals surface area contributed by atoms with Crippen molar-refractivity contribution in [3.05, 3.63) is 35.6 Å². The van der Waals surface area contributed by atoms with Crippen molar-refractivity contribution in [1.29, 1.82) is 0 Å². The van der Waals surface area contributed by atoms with Crippen molar-refractivity contribution in [1.82, 2.24) is 9.80 Å². The number of benzene rings is 1. The lowest BCUT2D eigenvalue weighted by Crippen LogP contribution is -2.49. The molecule has 1 aromatic carbocycles. The number of nitrogens with zero attached hydrogens (tertiary/aromatic N) is 2. The molecule has 0 unspecified atom stereocenters. The molecule has 1 aliphatic rings. The number of aliphatic hydroxyl groups excluding tert-OH is 1. The quantitative estimate of drug-likeness (QED) is 0.871. The average molecular weight is 280 g/mol. The molecule has 0 atom stereocenters. The van der Waals surface area contributed by atoms with E-state index in [0.29, 0.717) is 38.0 Å². The predicted octanol–water partition coefficient (Wildman–Crippen LogP) is 0.895. The molecule has 1 aromatic rings. The van der Waals surface area contributed by atoms with E-state index in [1.165, 1.54) is 6.07 Å². The first kappa shape index (κ1) is 14.9. The van der Waals surface area contributed by atoms with Crippen molar-refractivity contribution >= 4 is 5.91 Å². The molecule has 110 valence electrons. The highest BCUT2D eigenvalue weighted by molar-refractivity contribution is 5.76. The second-order valence-corrected chi connectivity index (χ2v) is 5.04. The van der Waals surface area contributed by atoms with Crippen molar-refractivity contribution in [2.45, 2.75) is 12.8 Å². The van der Waals surface area contributed by atoms with E-state index in [1.807, 2.05) is 4.90 Å². The zero-order valence-corrected chi connectivity index (χ0v) is 11.6. The van der Waals surface area contributed by atoms with E-state index < -0.39 is 0 Å². The molecule has 0 radical (unpaired) electrons. The summed E-state index contributed by atoms with van der Waals surface area (Å²) in [5, 5.41) is 8.87. The topological polar surface area (TPSA) is 43.8 Å². The largest absolute Gasteiger partial charge is 0.395 e. The number of hydrogen-bond donors (Lipinski definition) is 1. The van der Waals surface area contributed by atoms with Gasteiger partial charge in [0.15, 0.2) is 0 Å². The minimum atomic E-state index is -0.243. The number of carbonyl (C=O) groups excluding carboxylic acids is 1. The van der Waals surface area contributed by atoms with Gasteiger partial charge in [0.25, 0.3) is 0 Å². The summed E-state index contributed by atoms with van der Waals surface area (Å²) in [5.41, 5.74) is 0.597. The first-order chi connectivity index (χ1) is 9.70. The van der Waals surface area contributed by atoms with Gasteiger partial charge in [-0.15, -0.1) is 0 Å². The summed E-state index contributed by atoms with van der Waals surface area (Å²) in [5.74, 6) is -0.162. The third-order valence-corrected chi connectivity index (χ3v) is 3.71. The first-order valence-corrected chi connectivity index (χ1v) is 7.05. The van der Waals surface area contributed by atoms with Crippen molar-refractivity contribution in [3.8, 4) is 0 Å². The van der Waals surface area contributed by atoms with E-state index in [4.69, 9.17) is 5.11 Å². The van der Waals surface area contributed by atoms with Crippen LogP contribution in [0.1, 0.15) is 12.0 Å². The maximum absolute atomic E-state index is 13.5. The molecule has 4 nitrogen and oxygen atoms in total. The van der Waals surface area contributed by atoms with Crippen LogP contribution >= 0.6 is 0 Å². The number of β-amino-alcohol motifs (C(OH)–C–C–N with tert-alkyl or cyclic N) is 1. The molecule has 2 rings (SSSR count). The smallest absolute Gasteiger partial charge is 0.222 e. The maximum Gasteiger partial charge on any atom is 0.222 e. The molecule has 1 saturated heterocycles. The summed E-state index contributed by atoms with van der Waals surface area (Å²) in [6.07, 6.45) is 0.795. The SMILES string of the molecule is O=C(CCc1ccccc1F)N1CCN(CCO)CC1. The van der Waals surface area contributed by atoms with Crippen molar-refractivity contribution in [2.75, 3.05) is 39.3 Å². The fourth-order valence-corrected chi connectivity index (χ4v) is 2.46. The number of amides is 1. The zero-order valence-electron chi connectivity index (χ0n) is 11.6. The fraction of sp³-hybridized carbons (Fsp3) is 0.533. The number of hydrogen-bond acceptors (Lipinski definition) is 3. The van der Waals surface area contributed by atoms with Gasteiger partial charge in [-0.1, -0.05) is 18.2 Å². The van der Waals surface area contributed by atoms with E-state index in [1.54, 1.807) is 18.2 Å². The normalized spacial score (nSPS) is 16.4. The summed E-state index contributed by atoms with van der Waals surface area (Å²) in [6.45, 7) is 3.79. The molecular formula is C15H21FN2O2. The summed E-state index contributed by atoms with van der Waals surface area (Å²) in [7, 11) is 0. The van der Waals surface area contributed by atoms with Gasteiger partial charge in [-0.25, -0.2) is 4.39 Å². The second-order valence-electron chi connectivity index (χ2n) is 5.04. The van der Waals surface area contributed by atoms with Gasteiger partial charge in [-0.2, -0.15) is 0 Å². The monoisotopic (exact) mass is 280 g/mol. The molecule has 0 saturated carbocycles. The van der Waals surface area contributed by atoms with Crippen LogP contribution in [0.4, 0.5) is 4.39 Å². The Morgan fingerprint density at radius 1 is 1.20 bits per heavy atom. The van der Waals surface area contributed by atoms with E-state index in [9.17, 15) is 9.18 Å². The molecular weight excluding hydrogens is 259 g/mol. The lowest BCUT2D eigenvalue weighted by atomic mass is 10.1. The molecule has 1 aliphatic heterocycles. The lowest BCUT2D eigenvalue weighted by molar-refractivity contribution is -0.132. The van der Waals surface area contributed by atoms with Gasteiger partial charge in [0.1, 0.15) is 5.82 Å². The van der Waals surface area contributed by atoms with Gasteiger partial charge in [0.05, 0.1) is 6.61 Å². The van der Waals surface area contributed by atoms with Crippen LogP contribution in [0.15, 0.2) is 24.3 Å². The van der Waals surface area contributed by atoms with Crippen LogP contribution < -0.4 is 0 Å². The Hall–Kier alpha value is -1.46. The van der Waals surface area contributed by atoms with Crippen molar-refractivity contribution in [3.63, 3.8) is 0 Å². The van der Waals surface area contributed by atoms with Gasteiger partial charge in [-0.05, 0) is 18.1 Å². The number of halogens is 1. The Bertz CT molecular complexity index is 445. The highest BCUT2D eigenvalue weighted by Gasteiger charge is 2.20. The standard InChI is InChI=1S/C15H21FN2O2/c16-14-4-2-1-3-13(14)5-6-15(20)18-9-7-17(8-10-18)11-12-19/h1-4,19H,5-12H2. The van der Waals surface area contributed by atoms with Crippen LogP contribution in [0, 0.1) is 5.82 Å². The van der Waals surface area contributed by atoms with Gasteiger partial charge in [0.2, 0.25) is 5.91 Å². The second kappa shape index (κ2) is 7.36. The van der Waals surface area contributed by atoms with E-state index in [2.05, 4.69) is 4.90 Å². The van der Waals surface area contributed by atoms with Crippen LogP contribution in [0.25, 0.3) is 0 Å². The summed E-state index contributed by atoms with van der Waals surface area (Å²) in [6, 6.07) is 6.59. The fourth-order valence-electron chi connectivity index (χ4n) is 2.46. The Balaban J connectivity index is 1.77. The van der Waals surface area contributed by atoms with Gasteiger partial charge >= 0.3 is 0 Å². The molecule has 0 spiro atoms. The highest BCUT2D eigenvalue weighted by atomic mass is 19.1. The number of rotatable bonds is 5. The Morgan fingerprint density at radius 2 is 1.90 bits per heavy atom. The zero-order chi connectivity index (χ0) is 14.4.